The lowest BCUT2D eigenvalue weighted by atomic mass is 9.88. The van der Waals surface area contributed by atoms with Crippen molar-refractivity contribution in [3.63, 3.8) is 0 Å². The van der Waals surface area contributed by atoms with Crippen molar-refractivity contribution in [2.75, 3.05) is 19.6 Å². The van der Waals surface area contributed by atoms with Gasteiger partial charge in [0.05, 0.1) is 4.88 Å². The minimum atomic E-state index is 0.789. The molecule has 2 saturated heterocycles. The average molecular weight is 331 g/mol. The highest BCUT2D eigenvalue weighted by molar-refractivity contribution is 7.13. The molecular weight excluding hydrogens is 304 g/mol. The Kier molecular flexibility index (Phi) is 4.51. The van der Waals surface area contributed by atoms with Crippen LogP contribution in [-0.2, 0) is 13.6 Å². The molecule has 1 atom stereocenters. The third-order valence-electron chi connectivity index (χ3n) is 5.35. The Morgan fingerprint density at radius 2 is 2.17 bits per heavy atom. The standard InChI is InChI=1S/C18H26N4S/c1-21-12-15(18(20-21)17-5-3-11-23-17)13-22-9-6-14(7-10-22)16-4-2-8-19-16/h3,5,11-12,14,16,19H,2,4,6-10,13H2,1H3/t16-/m0/s1. The molecule has 0 amide bonds. The second-order valence-corrected chi connectivity index (χ2v) is 7.92. The molecule has 0 aliphatic carbocycles. The summed E-state index contributed by atoms with van der Waals surface area (Å²) < 4.78 is 1.96. The van der Waals surface area contributed by atoms with Gasteiger partial charge in [0.25, 0.3) is 0 Å². The molecule has 4 rings (SSSR count). The van der Waals surface area contributed by atoms with E-state index in [-0.39, 0.29) is 0 Å². The van der Waals surface area contributed by atoms with Crippen LogP contribution in [0, 0.1) is 5.92 Å². The Morgan fingerprint density at radius 3 is 2.87 bits per heavy atom. The quantitative estimate of drug-likeness (QED) is 0.935. The number of hydrogen-bond donors (Lipinski definition) is 1. The molecule has 0 unspecified atom stereocenters. The van der Waals surface area contributed by atoms with Crippen molar-refractivity contribution in [2.45, 2.75) is 38.3 Å². The van der Waals surface area contributed by atoms with E-state index in [2.05, 4.69) is 39.0 Å². The number of hydrogen-bond acceptors (Lipinski definition) is 4. The van der Waals surface area contributed by atoms with Crippen molar-refractivity contribution >= 4 is 11.3 Å². The molecular formula is C18H26N4S. The molecule has 2 aromatic heterocycles. The maximum atomic E-state index is 4.69. The minimum Gasteiger partial charge on any atom is -0.314 e. The van der Waals surface area contributed by atoms with Crippen molar-refractivity contribution in [1.82, 2.24) is 20.0 Å². The molecule has 2 fully saturated rings. The first kappa shape index (κ1) is 15.4. The summed E-state index contributed by atoms with van der Waals surface area (Å²) in [5.74, 6) is 0.888. The summed E-state index contributed by atoms with van der Waals surface area (Å²) in [6.07, 6.45) is 7.62. The van der Waals surface area contributed by atoms with E-state index in [0.717, 1.165) is 18.5 Å². The van der Waals surface area contributed by atoms with Crippen molar-refractivity contribution in [1.29, 1.82) is 0 Å². The van der Waals surface area contributed by atoms with Gasteiger partial charge in [-0.3, -0.25) is 9.58 Å². The molecule has 0 aromatic carbocycles. The summed E-state index contributed by atoms with van der Waals surface area (Å²) in [6.45, 7) is 4.71. The highest BCUT2D eigenvalue weighted by Crippen LogP contribution is 2.30. The Hall–Kier alpha value is -1.17. The lowest BCUT2D eigenvalue weighted by Gasteiger charge is -2.34. The van der Waals surface area contributed by atoms with Crippen LogP contribution in [0.4, 0.5) is 0 Å². The van der Waals surface area contributed by atoms with E-state index in [1.54, 1.807) is 11.3 Å². The maximum absolute atomic E-state index is 4.69. The second-order valence-electron chi connectivity index (χ2n) is 6.97. The predicted octanol–water partition coefficient (Wildman–Crippen LogP) is 3.11. The van der Waals surface area contributed by atoms with Gasteiger partial charge < -0.3 is 5.32 Å². The van der Waals surface area contributed by atoms with E-state index in [9.17, 15) is 0 Å². The van der Waals surface area contributed by atoms with Crippen LogP contribution in [0.2, 0.25) is 0 Å². The second kappa shape index (κ2) is 6.75. The van der Waals surface area contributed by atoms with Crippen molar-refractivity contribution in [3.8, 4) is 10.6 Å². The van der Waals surface area contributed by atoms with Gasteiger partial charge in [-0.1, -0.05) is 6.07 Å². The topological polar surface area (TPSA) is 33.1 Å². The normalized spacial score (nSPS) is 23.6. The van der Waals surface area contributed by atoms with Gasteiger partial charge in [-0.15, -0.1) is 11.3 Å². The molecule has 5 heteroatoms. The number of nitrogens with one attached hydrogen (secondary N) is 1. The number of likely N-dealkylation sites (tertiary alicyclic amines) is 1. The van der Waals surface area contributed by atoms with Gasteiger partial charge in [-0.05, 0) is 62.7 Å². The molecule has 0 saturated carbocycles. The number of aromatic nitrogens is 2. The molecule has 2 aliphatic heterocycles. The first-order valence-electron chi connectivity index (χ1n) is 8.82. The third kappa shape index (κ3) is 3.37. The van der Waals surface area contributed by atoms with Crippen molar-refractivity contribution in [2.24, 2.45) is 13.0 Å². The molecule has 2 aliphatic rings. The van der Waals surface area contributed by atoms with Gasteiger partial charge in [-0.2, -0.15) is 5.10 Å². The van der Waals surface area contributed by atoms with E-state index in [1.807, 2.05) is 11.7 Å². The Morgan fingerprint density at radius 1 is 1.30 bits per heavy atom. The smallest absolute Gasteiger partial charge is 0.107 e. The van der Waals surface area contributed by atoms with Crippen molar-refractivity contribution in [3.05, 3.63) is 29.3 Å². The first-order valence-corrected chi connectivity index (χ1v) is 9.70. The van der Waals surface area contributed by atoms with Crippen LogP contribution in [-0.4, -0.2) is 40.4 Å². The van der Waals surface area contributed by atoms with Crippen LogP contribution in [0.5, 0.6) is 0 Å². The lowest BCUT2D eigenvalue weighted by Crippen LogP contribution is -2.40. The molecule has 1 N–H and O–H groups in total. The Labute approximate surface area is 142 Å². The molecule has 0 radical (unpaired) electrons. The zero-order valence-corrected chi connectivity index (χ0v) is 14.7. The largest absolute Gasteiger partial charge is 0.314 e. The highest BCUT2D eigenvalue weighted by atomic mass is 32.1. The number of aryl methyl sites for hydroxylation is 1. The minimum absolute atomic E-state index is 0.789. The monoisotopic (exact) mass is 330 g/mol. The van der Waals surface area contributed by atoms with Crippen LogP contribution in [0.15, 0.2) is 23.7 Å². The number of thiophene rings is 1. The van der Waals surface area contributed by atoms with Gasteiger partial charge in [0.2, 0.25) is 0 Å². The molecule has 4 nitrogen and oxygen atoms in total. The van der Waals surface area contributed by atoms with E-state index in [0.29, 0.717) is 0 Å². The fourth-order valence-electron chi connectivity index (χ4n) is 4.14. The van der Waals surface area contributed by atoms with Gasteiger partial charge in [-0.25, -0.2) is 0 Å². The molecule has 0 spiro atoms. The van der Waals surface area contributed by atoms with E-state index >= 15 is 0 Å². The van der Waals surface area contributed by atoms with Gasteiger partial charge in [0.15, 0.2) is 0 Å². The lowest BCUT2D eigenvalue weighted by molar-refractivity contribution is 0.157. The zero-order valence-electron chi connectivity index (χ0n) is 13.9. The Balaban J connectivity index is 1.40. The van der Waals surface area contributed by atoms with E-state index in [4.69, 9.17) is 0 Å². The van der Waals surface area contributed by atoms with E-state index in [1.165, 1.54) is 61.5 Å². The van der Waals surface area contributed by atoms with Crippen LogP contribution in [0.3, 0.4) is 0 Å². The first-order chi connectivity index (χ1) is 11.3. The van der Waals surface area contributed by atoms with Gasteiger partial charge >= 0.3 is 0 Å². The average Bonchev–Trinajstić information content (AvgIpc) is 3.29. The van der Waals surface area contributed by atoms with Crippen LogP contribution in [0.25, 0.3) is 10.6 Å². The number of piperidine rings is 1. The number of nitrogens with zero attached hydrogens (tertiary/aromatic N) is 3. The molecule has 2 aromatic rings. The Bertz CT molecular complexity index is 619. The third-order valence-corrected chi connectivity index (χ3v) is 6.23. The fraction of sp³-hybridized carbons (Fsp3) is 0.611. The van der Waals surface area contributed by atoms with Crippen molar-refractivity contribution < 1.29 is 0 Å². The molecule has 4 heterocycles. The predicted molar refractivity (Wildman–Crippen MR) is 95.5 cm³/mol. The summed E-state index contributed by atoms with van der Waals surface area (Å²) in [5.41, 5.74) is 2.54. The summed E-state index contributed by atoms with van der Waals surface area (Å²) in [5, 5.41) is 10.5. The maximum Gasteiger partial charge on any atom is 0.107 e. The van der Waals surface area contributed by atoms with Crippen LogP contribution < -0.4 is 5.32 Å². The summed E-state index contributed by atoms with van der Waals surface area (Å²) in [7, 11) is 2.03. The van der Waals surface area contributed by atoms with Gasteiger partial charge in [0.1, 0.15) is 5.69 Å². The summed E-state index contributed by atoms with van der Waals surface area (Å²) in [6, 6.07) is 5.07. The van der Waals surface area contributed by atoms with Gasteiger partial charge in [0, 0.05) is 31.4 Å². The molecule has 0 bridgehead atoms. The molecule has 23 heavy (non-hydrogen) atoms. The highest BCUT2D eigenvalue weighted by Gasteiger charge is 2.28. The fourth-order valence-corrected chi connectivity index (χ4v) is 4.89. The zero-order chi connectivity index (χ0) is 15.6. The van der Waals surface area contributed by atoms with E-state index < -0.39 is 0 Å². The SMILES string of the molecule is Cn1cc(CN2CCC([C@@H]3CCCN3)CC2)c(-c2cccs2)n1. The number of rotatable bonds is 4. The van der Waals surface area contributed by atoms with Crippen LogP contribution in [0.1, 0.15) is 31.2 Å². The van der Waals surface area contributed by atoms with Crippen LogP contribution >= 0.6 is 11.3 Å². The summed E-state index contributed by atoms with van der Waals surface area (Å²) in [4.78, 5) is 3.89. The molecule has 124 valence electrons. The summed E-state index contributed by atoms with van der Waals surface area (Å²) >= 11 is 1.78.